The van der Waals surface area contributed by atoms with Gasteiger partial charge in [-0.15, -0.1) is 11.8 Å². The van der Waals surface area contributed by atoms with Gasteiger partial charge >= 0.3 is 0 Å². The van der Waals surface area contributed by atoms with E-state index in [1.807, 2.05) is 41.3 Å². The van der Waals surface area contributed by atoms with Crippen molar-refractivity contribution in [1.29, 1.82) is 0 Å². The number of rotatable bonds is 3. The topological polar surface area (TPSA) is 38.8 Å². The molecule has 0 N–H and O–H groups in total. The molecule has 0 unspecified atom stereocenters. The Labute approximate surface area is 139 Å². The summed E-state index contributed by atoms with van der Waals surface area (Å²) in [6.45, 7) is 1.94. The molecule has 2 aromatic rings. The summed E-state index contributed by atoms with van der Waals surface area (Å²) < 4.78 is 11.1. The number of nitrogens with zero attached hydrogens (tertiary/aromatic N) is 1. The van der Waals surface area contributed by atoms with Gasteiger partial charge in [0.2, 0.25) is 5.91 Å². The van der Waals surface area contributed by atoms with E-state index >= 15 is 0 Å². The number of anilines is 1. The van der Waals surface area contributed by atoms with Crippen LogP contribution in [-0.4, -0.2) is 31.4 Å². The highest BCUT2D eigenvalue weighted by atomic mass is 32.2. The maximum Gasteiger partial charge on any atom is 0.237 e. The summed E-state index contributed by atoms with van der Waals surface area (Å²) in [5, 5.41) is 0. The maximum atomic E-state index is 12.5. The number of thioether (sulfide) groups is 1. The molecule has 23 heavy (non-hydrogen) atoms. The van der Waals surface area contributed by atoms with Gasteiger partial charge in [0.05, 0.1) is 5.75 Å². The minimum absolute atomic E-state index is 0.148. The third-order valence-electron chi connectivity index (χ3n) is 4.06. The summed E-state index contributed by atoms with van der Waals surface area (Å²) in [5.41, 5.74) is 2.31. The number of para-hydroxylation sites is 1. The molecule has 0 saturated carbocycles. The third kappa shape index (κ3) is 2.88. The Balaban J connectivity index is 1.42. The van der Waals surface area contributed by atoms with Gasteiger partial charge in [0.25, 0.3) is 0 Å². The van der Waals surface area contributed by atoms with Gasteiger partial charge in [-0.3, -0.25) is 4.79 Å². The van der Waals surface area contributed by atoms with E-state index < -0.39 is 0 Å². The van der Waals surface area contributed by atoms with Crippen molar-refractivity contribution >= 4 is 23.4 Å². The number of carbonyl (C=O) groups excluding carboxylic acids is 1. The van der Waals surface area contributed by atoms with E-state index in [1.54, 1.807) is 0 Å². The molecule has 2 aliphatic rings. The zero-order chi connectivity index (χ0) is 15.6. The Morgan fingerprint density at radius 3 is 2.83 bits per heavy atom. The van der Waals surface area contributed by atoms with Gasteiger partial charge in [-0.05, 0) is 36.2 Å². The van der Waals surface area contributed by atoms with Gasteiger partial charge in [-0.1, -0.05) is 18.2 Å². The van der Waals surface area contributed by atoms with Crippen molar-refractivity contribution in [1.82, 2.24) is 0 Å². The molecule has 2 aliphatic heterocycles. The molecule has 0 aromatic heterocycles. The first-order valence-corrected chi connectivity index (χ1v) is 8.70. The van der Waals surface area contributed by atoms with Crippen molar-refractivity contribution < 1.29 is 14.3 Å². The number of carbonyl (C=O) groups is 1. The normalized spacial score (nSPS) is 15.4. The van der Waals surface area contributed by atoms with E-state index in [-0.39, 0.29) is 5.91 Å². The van der Waals surface area contributed by atoms with Crippen LogP contribution in [0.15, 0.2) is 47.4 Å². The van der Waals surface area contributed by atoms with Gasteiger partial charge in [-0.2, -0.15) is 0 Å². The predicted octanol–water partition coefficient (Wildman–Crippen LogP) is 3.14. The first-order chi connectivity index (χ1) is 11.3. The van der Waals surface area contributed by atoms with Crippen LogP contribution in [0.1, 0.15) is 5.56 Å². The maximum absolute atomic E-state index is 12.5. The Bertz CT molecular complexity index is 747. The van der Waals surface area contributed by atoms with Gasteiger partial charge in [0.15, 0.2) is 11.5 Å². The van der Waals surface area contributed by atoms with E-state index in [0.717, 1.165) is 35.0 Å². The number of hydrogen-bond acceptors (Lipinski definition) is 4. The zero-order valence-electron chi connectivity index (χ0n) is 12.7. The van der Waals surface area contributed by atoms with Crippen molar-refractivity contribution in [2.75, 3.05) is 30.4 Å². The summed E-state index contributed by atoms with van der Waals surface area (Å²) in [5.74, 6) is 2.11. The van der Waals surface area contributed by atoms with Crippen molar-refractivity contribution in [2.45, 2.75) is 11.3 Å². The number of hydrogen-bond donors (Lipinski definition) is 0. The highest BCUT2D eigenvalue weighted by molar-refractivity contribution is 8.00. The van der Waals surface area contributed by atoms with Crippen molar-refractivity contribution in [3.05, 3.63) is 48.0 Å². The smallest absolute Gasteiger partial charge is 0.237 e. The van der Waals surface area contributed by atoms with Gasteiger partial charge < -0.3 is 14.4 Å². The minimum Gasteiger partial charge on any atom is -0.486 e. The van der Waals surface area contributed by atoms with E-state index in [9.17, 15) is 4.79 Å². The number of amides is 1. The van der Waals surface area contributed by atoms with Crippen LogP contribution < -0.4 is 14.4 Å². The lowest BCUT2D eigenvalue weighted by molar-refractivity contribution is -0.116. The summed E-state index contributed by atoms with van der Waals surface area (Å²) in [4.78, 5) is 15.4. The molecule has 2 heterocycles. The van der Waals surface area contributed by atoms with Crippen LogP contribution in [0.25, 0.3) is 0 Å². The summed E-state index contributed by atoms with van der Waals surface area (Å²) in [7, 11) is 0. The van der Waals surface area contributed by atoms with Gasteiger partial charge in [0, 0.05) is 17.1 Å². The lowest BCUT2D eigenvalue weighted by Crippen LogP contribution is -2.30. The molecule has 5 heteroatoms. The first kappa shape index (κ1) is 14.5. The average Bonchev–Trinajstić information content (AvgIpc) is 3.03. The molecule has 0 bridgehead atoms. The number of ether oxygens (including phenoxy) is 2. The van der Waals surface area contributed by atoms with Crippen LogP contribution in [0.5, 0.6) is 11.5 Å². The number of fused-ring (bicyclic) bond motifs is 2. The quantitative estimate of drug-likeness (QED) is 0.812. The van der Waals surface area contributed by atoms with E-state index in [1.165, 1.54) is 17.3 Å². The minimum atomic E-state index is 0.148. The van der Waals surface area contributed by atoms with Crippen LogP contribution in [0.2, 0.25) is 0 Å². The monoisotopic (exact) mass is 327 g/mol. The molecule has 0 spiro atoms. The SMILES string of the molecule is O=C(CSc1ccc2c(c1)OCCO2)N1CCc2ccccc21. The fraction of sp³-hybridized carbons (Fsp3) is 0.278. The van der Waals surface area contributed by atoms with E-state index in [2.05, 4.69) is 6.07 Å². The molecule has 0 fully saturated rings. The molecule has 4 nitrogen and oxygen atoms in total. The number of benzene rings is 2. The van der Waals surface area contributed by atoms with Gasteiger partial charge in [-0.25, -0.2) is 0 Å². The van der Waals surface area contributed by atoms with Crippen molar-refractivity contribution in [2.24, 2.45) is 0 Å². The van der Waals surface area contributed by atoms with Crippen molar-refractivity contribution in [3.8, 4) is 11.5 Å². The van der Waals surface area contributed by atoms with E-state index in [4.69, 9.17) is 9.47 Å². The first-order valence-electron chi connectivity index (χ1n) is 7.72. The summed E-state index contributed by atoms with van der Waals surface area (Å²) >= 11 is 1.54. The molecule has 4 rings (SSSR count). The molecular weight excluding hydrogens is 310 g/mol. The third-order valence-corrected chi connectivity index (χ3v) is 5.04. The van der Waals surface area contributed by atoms with Crippen LogP contribution in [0.4, 0.5) is 5.69 Å². The van der Waals surface area contributed by atoms with Gasteiger partial charge in [0.1, 0.15) is 13.2 Å². The Hall–Kier alpha value is -2.14. The molecule has 0 atom stereocenters. The fourth-order valence-corrected chi connectivity index (χ4v) is 3.73. The average molecular weight is 327 g/mol. The van der Waals surface area contributed by atoms with Crippen molar-refractivity contribution in [3.63, 3.8) is 0 Å². The highest BCUT2D eigenvalue weighted by Crippen LogP contribution is 2.35. The molecule has 2 aromatic carbocycles. The second-order valence-electron chi connectivity index (χ2n) is 5.52. The molecule has 0 radical (unpaired) electrons. The molecule has 0 aliphatic carbocycles. The molecule has 118 valence electrons. The zero-order valence-corrected chi connectivity index (χ0v) is 13.5. The second kappa shape index (κ2) is 6.16. The van der Waals surface area contributed by atoms with Crippen LogP contribution in [-0.2, 0) is 11.2 Å². The Morgan fingerprint density at radius 1 is 1.09 bits per heavy atom. The van der Waals surface area contributed by atoms with E-state index in [0.29, 0.717) is 19.0 Å². The molecule has 0 saturated heterocycles. The van der Waals surface area contributed by atoms with Crippen LogP contribution in [0, 0.1) is 0 Å². The Kier molecular flexibility index (Phi) is 3.87. The lowest BCUT2D eigenvalue weighted by Gasteiger charge is -2.19. The highest BCUT2D eigenvalue weighted by Gasteiger charge is 2.24. The summed E-state index contributed by atoms with van der Waals surface area (Å²) in [6, 6.07) is 14.0. The molecule has 1 amide bonds. The van der Waals surface area contributed by atoms with Crippen LogP contribution in [0.3, 0.4) is 0 Å². The predicted molar refractivity (Wildman–Crippen MR) is 90.7 cm³/mol. The standard InChI is InChI=1S/C18H17NO3S/c20-18(19-8-7-13-3-1-2-4-15(13)19)12-23-14-5-6-16-17(11-14)22-10-9-21-16/h1-6,11H,7-10,12H2. The second-order valence-corrected chi connectivity index (χ2v) is 6.57. The van der Waals surface area contributed by atoms with Crippen LogP contribution >= 0.6 is 11.8 Å². The fourth-order valence-electron chi connectivity index (χ4n) is 2.93. The molecular formula is C18H17NO3S. The lowest BCUT2D eigenvalue weighted by atomic mass is 10.2. The Morgan fingerprint density at radius 2 is 1.91 bits per heavy atom. The largest absolute Gasteiger partial charge is 0.486 e. The summed E-state index contributed by atoms with van der Waals surface area (Å²) in [6.07, 6.45) is 0.941.